The second-order valence-corrected chi connectivity index (χ2v) is 11.5. The number of benzene rings is 2. The summed E-state index contributed by atoms with van der Waals surface area (Å²) in [5.41, 5.74) is 4.59. The molecule has 0 bridgehead atoms. The smallest absolute Gasteiger partial charge is 0.398 e. The number of carbonyl (C=O) groups is 2. The molecule has 1 atom stereocenters. The van der Waals surface area contributed by atoms with E-state index in [0.717, 1.165) is 6.07 Å². The molecule has 3 rings (SSSR count). The van der Waals surface area contributed by atoms with Gasteiger partial charge in [0.25, 0.3) is 5.91 Å². The topological polar surface area (TPSA) is 122 Å². The number of rotatable bonds is 8. The Morgan fingerprint density at radius 1 is 1.19 bits per heavy atom. The van der Waals surface area contributed by atoms with E-state index in [2.05, 4.69) is 10.6 Å². The average molecular weight is 561 g/mol. The number of sulfone groups is 1. The van der Waals surface area contributed by atoms with Gasteiger partial charge in [0.05, 0.1) is 21.8 Å². The van der Waals surface area contributed by atoms with Crippen molar-refractivity contribution < 1.29 is 31.2 Å². The predicted molar refractivity (Wildman–Crippen MR) is 134 cm³/mol. The minimum atomic E-state index is -4.75. The lowest BCUT2D eigenvalue weighted by Gasteiger charge is -2.21. The monoisotopic (exact) mass is 560 g/mol. The van der Waals surface area contributed by atoms with Crippen molar-refractivity contribution in [3.63, 3.8) is 0 Å². The highest BCUT2D eigenvalue weighted by Crippen LogP contribution is 2.35. The van der Waals surface area contributed by atoms with Gasteiger partial charge >= 0.3 is 6.18 Å². The van der Waals surface area contributed by atoms with Gasteiger partial charge in [-0.05, 0) is 47.9 Å². The minimum absolute atomic E-state index is 0.0258. The fourth-order valence-corrected chi connectivity index (χ4v) is 5.60. The fourth-order valence-electron chi connectivity index (χ4n) is 4.29. The molecule has 1 aliphatic heterocycles. The van der Waals surface area contributed by atoms with E-state index in [0.29, 0.717) is 25.6 Å². The quantitative estimate of drug-likeness (QED) is 0.426. The Kier molecular flexibility index (Phi) is 8.76. The zero-order valence-electron chi connectivity index (χ0n) is 20.3. The van der Waals surface area contributed by atoms with Crippen molar-refractivity contribution in [1.29, 1.82) is 0 Å². The molecule has 1 fully saturated rings. The Morgan fingerprint density at radius 3 is 2.51 bits per heavy atom. The van der Waals surface area contributed by atoms with Crippen molar-refractivity contribution in [3.8, 4) is 0 Å². The standard InChI is InChI=1S/C24H28ClF3N4O4S/c1-3-37(35,36)22-5-4-17(25)8-15(22)11-30-23(34)19-10-20(24(26,27)28)16(9-21(19)29)12-32-7-6-18(13-32)31-14(2)33/h4-5,8-10,18H,3,6-7,11-13,29H2,1-2H3,(H,30,34)(H,31,33)/t18-/m0/s1. The normalized spacial score (nSPS) is 16.5. The maximum atomic E-state index is 13.9. The number of halogens is 4. The molecule has 2 aromatic rings. The molecule has 0 unspecified atom stereocenters. The first-order chi connectivity index (χ1) is 17.2. The lowest BCUT2D eigenvalue weighted by Crippen LogP contribution is -2.35. The highest BCUT2D eigenvalue weighted by molar-refractivity contribution is 7.91. The van der Waals surface area contributed by atoms with Crippen LogP contribution in [0.5, 0.6) is 0 Å². The van der Waals surface area contributed by atoms with Crippen LogP contribution in [-0.2, 0) is 33.9 Å². The van der Waals surface area contributed by atoms with Crippen LogP contribution in [-0.4, -0.2) is 50.0 Å². The summed E-state index contributed by atoms with van der Waals surface area (Å²) in [5, 5.41) is 5.46. The second kappa shape index (κ2) is 11.3. The van der Waals surface area contributed by atoms with E-state index >= 15 is 0 Å². The largest absolute Gasteiger partial charge is 0.416 e. The van der Waals surface area contributed by atoms with Crippen LogP contribution in [0.3, 0.4) is 0 Å². The van der Waals surface area contributed by atoms with Gasteiger partial charge in [0.15, 0.2) is 9.84 Å². The third kappa shape index (κ3) is 7.14. The van der Waals surface area contributed by atoms with Gasteiger partial charge < -0.3 is 16.4 Å². The van der Waals surface area contributed by atoms with E-state index in [-0.39, 0.29) is 63.1 Å². The average Bonchev–Trinajstić information content (AvgIpc) is 3.22. The van der Waals surface area contributed by atoms with Crippen LogP contribution in [0.4, 0.5) is 18.9 Å². The zero-order chi connectivity index (χ0) is 27.5. The Bertz CT molecular complexity index is 1300. The first-order valence-electron chi connectivity index (χ1n) is 11.5. The summed E-state index contributed by atoms with van der Waals surface area (Å²) in [6, 6.07) is 5.80. The highest BCUT2D eigenvalue weighted by Gasteiger charge is 2.36. The predicted octanol–water partition coefficient (Wildman–Crippen LogP) is 3.38. The van der Waals surface area contributed by atoms with Crippen LogP contribution in [0.2, 0.25) is 5.02 Å². The van der Waals surface area contributed by atoms with Crippen LogP contribution >= 0.6 is 11.6 Å². The number of likely N-dealkylation sites (tertiary alicyclic amines) is 1. The number of hydrogen-bond acceptors (Lipinski definition) is 6. The number of anilines is 1. The minimum Gasteiger partial charge on any atom is -0.398 e. The van der Waals surface area contributed by atoms with Gasteiger partial charge in [-0.2, -0.15) is 13.2 Å². The SMILES string of the molecule is CCS(=O)(=O)c1ccc(Cl)cc1CNC(=O)c1cc(C(F)(F)F)c(CN2CC[C@H](NC(C)=O)C2)cc1N. The Labute approximate surface area is 218 Å². The van der Waals surface area contributed by atoms with Gasteiger partial charge in [0, 0.05) is 49.9 Å². The first kappa shape index (κ1) is 28.7. The van der Waals surface area contributed by atoms with Gasteiger partial charge in [-0.3, -0.25) is 14.5 Å². The van der Waals surface area contributed by atoms with Gasteiger partial charge in [-0.25, -0.2) is 8.42 Å². The number of carbonyl (C=O) groups excluding carboxylic acids is 2. The van der Waals surface area contributed by atoms with Gasteiger partial charge in [-0.15, -0.1) is 0 Å². The summed E-state index contributed by atoms with van der Waals surface area (Å²) in [7, 11) is -3.63. The van der Waals surface area contributed by atoms with Gasteiger partial charge in [0.1, 0.15) is 0 Å². The van der Waals surface area contributed by atoms with Crippen molar-refractivity contribution in [2.24, 2.45) is 0 Å². The molecule has 0 radical (unpaired) electrons. The molecule has 37 heavy (non-hydrogen) atoms. The van der Waals surface area contributed by atoms with Crippen molar-refractivity contribution in [2.45, 2.75) is 50.5 Å². The third-order valence-electron chi connectivity index (χ3n) is 6.08. The summed E-state index contributed by atoms with van der Waals surface area (Å²) in [6.07, 6.45) is -4.14. The number of amides is 2. The van der Waals surface area contributed by atoms with Crippen LogP contribution in [0, 0.1) is 0 Å². The van der Waals surface area contributed by atoms with E-state index in [1.165, 1.54) is 32.0 Å². The molecule has 0 aliphatic carbocycles. The number of alkyl halides is 3. The first-order valence-corrected chi connectivity index (χ1v) is 13.5. The summed E-state index contributed by atoms with van der Waals surface area (Å²) < 4.78 is 66.6. The zero-order valence-corrected chi connectivity index (χ0v) is 21.9. The van der Waals surface area contributed by atoms with Crippen molar-refractivity contribution >= 4 is 38.9 Å². The molecule has 1 heterocycles. The maximum Gasteiger partial charge on any atom is 0.416 e. The van der Waals surface area contributed by atoms with Gasteiger partial charge in [0.2, 0.25) is 5.91 Å². The molecule has 8 nitrogen and oxygen atoms in total. The molecular weight excluding hydrogens is 533 g/mol. The van der Waals surface area contributed by atoms with Crippen LogP contribution in [0.15, 0.2) is 35.2 Å². The number of nitrogen functional groups attached to an aromatic ring is 1. The summed E-state index contributed by atoms with van der Waals surface area (Å²) in [6.45, 7) is 3.39. The van der Waals surface area contributed by atoms with E-state index < -0.39 is 27.5 Å². The lowest BCUT2D eigenvalue weighted by molar-refractivity contribution is -0.138. The molecule has 13 heteroatoms. The lowest BCUT2D eigenvalue weighted by atomic mass is 10.00. The number of nitrogens with one attached hydrogen (secondary N) is 2. The third-order valence-corrected chi connectivity index (χ3v) is 8.14. The molecule has 0 saturated carbocycles. The molecule has 202 valence electrons. The summed E-state index contributed by atoms with van der Waals surface area (Å²) in [4.78, 5) is 25.9. The van der Waals surface area contributed by atoms with Crippen molar-refractivity contribution in [2.75, 3.05) is 24.6 Å². The molecule has 0 spiro atoms. The maximum absolute atomic E-state index is 13.9. The molecule has 1 aliphatic rings. The Hall–Kier alpha value is -2.83. The van der Waals surface area contributed by atoms with Crippen molar-refractivity contribution in [3.05, 3.63) is 57.6 Å². The number of nitrogens with zero attached hydrogens (tertiary/aromatic N) is 1. The molecule has 0 aromatic heterocycles. The summed E-state index contributed by atoms with van der Waals surface area (Å²) >= 11 is 5.98. The summed E-state index contributed by atoms with van der Waals surface area (Å²) in [5.74, 6) is -1.28. The Balaban J connectivity index is 1.84. The van der Waals surface area contributed by atoms with E-state index in [9.17, 15) is 31.2 Å². The molecule has 2 aromatic carbocycles. The molecule has 2 amide bonds. The van der Waals surface area contributed by atoms with Crippen LogP contribution in [0.1, 0.15) is 47.3 Å². The van der Waals surface area contributed by atoms with Gasteiger partial charge in [-0.1, -0.05) is 18.5 Å². The number of hydrogen-bond donors (Lipinski definition) is 3. The second-order valence-electron chi connectivity index (χ2n) is 8.85. The van der Waals surface area contributed by atoms with Crippen LogP contribution in [0.25, 0.3) is 0 Å². The van der Waals surface area contributed by atoms with Crippen LogP contribution < -0.4 is 16.4 Å². The van der Waals surface area contributed by atoms with E-state index in [1.54, 1.807) is 4.90 Å². The molecule has 4 N–H and O–H groups in total. The number of nitrogens with two attached hydrogens (primary N) is 1. The van der Waals surface area contributed by atoms with E-state index in [4.69, 9.17) is 17.3 Å². The Morgan fingerprint density at radius 2 is 1.89 bits per heavy atom. The highest BCUT2D eigenvalue weighted by atomic mass is 35.5. The fraction of sp³-hybridized carbons (Fsp3) is 0.417. The van der Waals surface area contributed by atoms with Crippen molar-refractivity contribution in [1.82, 2.24) is 15.5 Å². The molecular formula is C24H28ClF3N4O4S. The molecule has 1 saturated heterocycles. The van der Waals surface area contributed by atoms with E-state index in [1.807, 2.05) is 0 Å².